The number of halogens is 3. The molecule has 1 aromatic heterocycles. The molecule has 1 aromatic carbocycles. The van der Waals surface area contributed by atoms with Crippen molar-refractivity contribution in [2.45, 2.75) is 25.3 Å². The molecular formula is C14H11ClF2N2OS. The van der Waals surface area contributed by atoms with E-state index in [9.17, 15) is 13.6 Å². The fourth-order valence-electron chi connectivity index (χ4n) is 1.88. The number of nitrogens with one attached hydrogen (secondary N) is 1. The molecule has 0 unspecified atom stereocenters. The van der Waals surface area contributed by atoms with Crippen molar-refractivity contribution >= 4 is 28.8 Å². The maximum Gasteiger partial charge on any atom is 0.253 e. The van der Waals surface area contributed by atoms with Crippen LogP contribution in [0.4, 0.5) is 8.78 Å². The molecule has 1 fully saturated rings. The average molecular weight is 329 g/mol. The van der Waals surface area contributed by atoms with E-state index in [4.69, 9.17) is 11.6 Å². The molecule has 3 rings (SSSR count). The molecule has 21 heavy (non-hydrogen) atoms. The summed E-state index contributed by atoms with van der Waals surface area (Å²) < 4.78 is 26.1. The highest BCUT2D eigenvalue weighted by Crippen LogP contribution is 2.41. The van der Waals surface area contributed by atoms with E-state index in [-0.39, 0.29) is 17.1 Å². The normalized spacial score (nSPS) is 14.2. The van der Waals surface area contributed by atoms with Crippen LogP contribution in [-0.4, -0.2) is 10.9 Å². The smallest absolute Gasteiger partial charge is 0.253 e. The summed E-state index contributed by atoms with van der Waals surface area (Å²) >= 11 is 7.33. The van der Waals surface area contributed by atoms with Crippen LogP contribution in [0.2, 0.25) is 5.02 Å². The van der Waals surface area contributed by atoms with Gasteiger partial charge in [-0.15, -0.1) is 11.3 Å². The first-order chi connectivity index (χ1) is 10.0. The third-order valence-corrected chi connectivity index (χ3v) is 4.55. The van der Waals surface area contributed by atoms with E-state index in [0.717, 1.165) is 22.8 Å². The topological polar surface area (TPSA) is 42.0 Å². The van der Waals surface area contributed by atoms with E-state index < -0.39 is 17.5 Å². The highest BCUT2D eigenvalue weighted by atomic mass is 35.5. The van der Waals surface area contributed by atoms with Crippen molar-refractivity contribution in [1.82, 2.24) is 10.3 Å². The summed E-state index contributed by atoms with van der Waals surface area (Å²) in [5.41, 5.74) is 0.669. The summed E-state index contributed by atoms with van der Waals surface area (Å²) in [6.07, 6.45) is 2.34. The van der Waals surface area contributed by atoms with E-state index in [2.05, 4.69) is 10.3 Å². The zero-order chi connectivity index (χ0) is 15.0. The second-order valence-electron chi connectivity index (χ2n) is 4.88. The molecule has 0 atom stereocenters. The van der Waals surface area contributed by atoms with Gasteiger partial charge in [0.05, 0.1) is 27.8 Å². The Morgan fingerprint density at radius 2 is 2.10 bits per heavy atom. The Balaban J connectivity index is 1.66. The lowest BCUT2D eigenvalue weighted by molar-refractivity contribution is 0.0950. The van der Waals surface area contributed by atoms with Crippen LogP contribution >= 0.6 is 22.9 Å². The van der Waals surface area contributed by atoms with Crippen molar-refractivity contribution in [1.29, 1.82) is 0 Å². The van der Waals surface area contributed by atoms with Crippen LogP contribution in [0.25, 0.3) is 0 Å². The summed E-state index contributed by atoms with van der Waals surface area (Å²) in [6.45, 7) is 0.234. The van der Waals surface area contributed by atoms with Crippen LogP contribution in [0.1, 0.15) is 39.8 Å². The second-order valence-corrected chi connectivity index (χ2v) is 6.18. The molecule has 3 nitrogen and oxygen atoms in total. The SMILES string of the molecule is O=C(NCc1csc(C2CC2)n1)c1cc(F)c(F)cc1Cl. The minimum absolute atomic E-state index is 0.0896. The molecule has 0 spiro atoms. The van der Waals surface area contributed by atoms with E-state index in [1.807, 2.05) is 5.38 Å². The number of benzene rings is 1. The van der Waals surface area contributed by atoms with E-state index in [0.29, 0.717) is 5.92 Å². The van der Waals surface area contributed by atoms with Gasteiger partial charge in [-0.05, 0) is 25.0 Å². The Bertz CT molecular complexity index is 700. The van der Waals surface area contributed by atoms with Gasteiger partial charge in [-0.1, -0.05) is 11.6 Å². The molecule has 2 aromatic rings. The molecule has 1 heterocycles. The van der Waals surface area contributed by atoms with Gasteiger partial charge in [-0.2, -0.15) is 0 Å². The molecule has 1 saturated carbocycles. The van der Waals surface area contributed by atoms with Gasteiger partial charge in [0, 0.05) is 11.3 Å². The fraction of sp³-hybridized carbons (Fsp3) is 0.286. The standard InChI is InChI=1S/C14H11ClF2N2OS/c15-10-4-12(17)11(16)3-9(10)13(20)18-5-8-6-21-14(19-8)7-1-2-7/h3-4,6-7H,1-2,5H2,(H,18,20). The third-order valence-electron chi connectivity index (χ3n) is 3.18. The van der Waals surface area contributed by atoms with Gasteiger partial charge >= 0.3 is 0 Å². The quantitative estimate of drug-likeness (QED) is 0.865. The number of carbonyl (C=O) groups excluding carboxylic acids is 1. The number of nitrogens with zero attached hydrogens (tertiary/aromatic N) is 1. The zero-order valence-electron chi connectivity index (χ0n) is 10.8. The first kappa shape index (κ1) is 14.4. The first-order valence-electron chi connectivity index (χ1n) is 6.41. The van der Waals surface area contributed by atoms with E-state index in [1.165, 1.54) is 12.8 Å². The van der Waals surface area contributed by atoms with Gasteiger partial charge in [-0.3, -0.25) is 4.79 Å². The maximum atomic E-state index is 13.2. The Kier molecular flexibility index (Phi) is 3.91. The number of hydrogen-bond acceptors (Lipinski definition) is 3. The molecule has 0 radical (unpaired) electrons. The molecule has 110 valence electrons. The van der Waals surface area contributed by atoms with Crippen molar-refractivity contribution in [3.8, 4) is 0 Å². The molecule has 1 N–H and O–H groups in total. The van der Waals surface area contributed by atoms with Crippen LogP contribution in [0.5, 0.6) is 0 Å². The predicted molar refractivity (Wildman–Crippen MR) is 76.6 cm³/mol. The number of carbonyl (C=O) groups is 1. The minimum atomic E-state index is -1.10. The molecule has 1 amide bonds. The summed E-state index contributed by atoms with van der Waals surface area (Å²) in [7, 11) is 0. The van der Waals surface area contributed by atoms with E-state index in [1.54, 1.807) is 11.3 Å². The Labute approximate surface area is 129 Å². The number of amides is 1. The van der Waals surface area contributed by atoms with Gasteiger partial charge in [-0.25, -0.2) is 13.8 Å². The van der Waals surface area contributed by atoms with Gasteiger partial charge in [0.25, 0.3) is 5.91 Å². The Morgan fingerprint density at radius 3 is 2.81 bits per heavy atom. The van der Waals surface area contributed by atoms with Gasteiger partial charge in [0.15, 0.2) is 11.6 Å². The van der Waals surface area contributed by atoms with Crippen LogP contribution in [-0.2, 0) is 6.54 Å². The number of thiazole rings is 1. The predicted octanol–water partition coefficient (Wildman–Crippen LogP) is 3.88. The minimum Gasteiger partial charge on any atom is -0.346 e. The average Bonchev–Trinajstić information content (AvgIpc) is 3.19. The van der Waals surface area contributed by atoms with Crippen LogP contribution in [0, 0.1) is 11.6 Å². The summed E-state index contributed by atoms with van der Waals surface area (Å²) in [5, 5.41) is 5.46. The molecule has 0 saturated heterocycles. The largest absolute Gasteiger partial charge is 0.346 e. The zero-order valence-corrected chi connectivity index (χ0v) is 12.4. The maximum absolute atomic E-state index is 13.2. The number of rotatable bonds is 4. The molecule has 0 aliphatic heterocycles. The molecule has 0 bridgehead atoms. The third kappa shape index (κ3) is 3.22. The summed E-state index contributed by atoms with van der Waals surface area (Å²) in [4.78, 5) is 16.4. The lowest BCUT2D eigenvalue weighted by Crippen LogP contribution is -2.23. The highest BCUT2D eigenvalue weighted by Gasteiger charge is 2.26. The lowest BCUT2D eigenvalue weighted by Gasteiger charge is -2.06. The van der Waals surface area contributed by atoms with Crippen molar-refractivity contribution in [3.05, 3.63) is 50.4 Å². The van der Waals surface area contributed by atoms with Gasteiger partial charge < -0.3 is 5.32 Å². The van der Waals surface area contributed by atoms with Crippen molar-refractivity contribution in [2.75, 3.05) is 0 Å². The lowest BCUT2D eigenvalue weighted by atomic mass is 10.2. The van der Waals surface area contributed by atoms with Crippen LogP contribution in [0.15, 0.2) is 17.5 Å². The summed E-state index contributed by atoms with van der Waals surface area (Å²) in [5.74, 6) is -2.17. The molecule has 1 aliphatic carbocycles. The number of hydrogen-bond donors (Lipinski definition) is 1. The van der Waals surface area contributed by atoms with Gasteiger partial charge in [0.2, 0.25) is 0 Å². The molecular weight excluding hydrogens is 318 g/mol. The fourth-order valence-corrected chi connectivity index (χ4v) is 3.11. The summed E-state index contributed by atoms with van der Waals surface area (Å²) in [6, 6.07) is 1.59. The number of aromatic nitrogens is 1. The Morgan fingerprint density at radius 1 is 1.38 bits per heavy atom. The van der Waals surface area contributed by atoms with E-state index >= 15 is 0 Å². The first-order valence-corrected chi connectivity index (χ1v) is 7.67. The van der Waals surface area contributed by atoms with Crippen LogP contribution < -0.4 is 5.32 Å². The second kappa shape index (κ2) is 5.69. The monoisotopic (exact) mass is 328 g/mol. The van der Waals surface area contributed by atoms with Gasteiger partial charge in [0.1, 0.15) is 0 Å². The Hall–Kier alpha value is -1.53. The molecule has 1 aliphatic rings. The van der Waals surface area contributed by atoms with Crippen LogP contribution in [0.3, 0.4) is 0 Å². The van der Waals surface area contributed by atoms with Crippen molar-refractivity contribution < 1.29 is 13.6 Å². The van der Waals surface area contributed by atoms with Crippen molar-refractivity contribution in [3.63, 3.8) is 0 Å². The van der Waals surface area contributed by atoms with Crippen molar-refractivity contribution in [2.24, 2.45) is 0 Å². The highest BCUT2D eigenvalue weighted by molar-refractivity contribution is 7.09. The molecule has 7 heteroatoms.